The maximum absolute atomic E-state index is 12.8. The van der Waals surface area contributed by atoms with E-state index in [-0.39, 0.29) is 16.5 Å². The Kier molecular flexibility index (Phi) is 14.8. The van der Waals surface area contributed by atoms with Crippen LogP contribution < -0.4 is 0 Å². The fraction of sp³-hybridized carbons (Fsp3) is 0.667. The van der Waals surface area contributed by atoms with Gasteiger partial charge in [-0.3, -0.25) is 9.59 Å². The van der Waals surface area contributed by atoms with E-state index in [4.69, 9.17) is 10.2 Å². The van der Waals surface area contributed by atoms with Crippen molar-refractivity contribution in [2.45, 2.75) is 72.1 Å². The van der Waals surface area contributed by atoms with Crippen LogP contribution in [-0.4, -0.2) is 93.9 Å². The van der Waals surface area contributed by atoms with Gasteiger partial charge in [0.2, 0.25) is 11.6 Å². The van der Waals surface area contributed by atoms with Crippen LogP contribution in [0.15, 0.2) is 23.7 Å². The molecule has 33 heteroatoms. The van der Waals surface area contributed by atoms with Gasteiger partial charge in [0.05, 0.1) is 0 Å². The second-order valence-electron chi connectivity index (χ2n) is 8.37. The monoisotopic (exact) mass is 874 g/mol. The molecule has 0 aliphatic heterocycles. The van der Waals surface area contributed by atoms with E-state index in [0.29, 0.717) is 0 Å². The first-order chi connectivity index (χ1) is 21.1. The molecule has 0 aromatic carbocycles. The van der Waals surface area contributed by atoms with Gasteiger partial charge in [-0.05, 0) is 0 Å². The van der Waals surface area contributed by atoms with Crippen molar-refractivity contribution in [3.8, 4) is 0 Å². The zero-order chi connectivity index (χ0) is 41.7. The van der Waals surface area contributed by atoms with Gasteiger partial charge in [-0.1, -0.05) is 0 Å². The molecule has 0 aliphatic carbocycles. The Morgan fingerprint density at radius 2 is 0.451 bits per heavy atom. The molecule has 0 bridgehead atoms. The summed E-state index contributed by atoms with van der Waals surface area (Å²) in [5.41, 5.74) is 0. The summed E-state index contributed by atoms with van der Waals surface area (Å²) in [4.78, 5) is 21.1. The molecule has 0 amide bonds. The molecule has 306 valence electrons. The van der Waals surface area contributed by atoms with E-state index < -0.39 is 107 Å². The van der Waals surface area contributed by atoms with Crippen LogP contribution in [0.1, 0.15) is 0 Å². The fourth-order valence-electron chi connectivity index (χ4n) is 1.95. The van der Waals surface area contributed by atoms with Crippen molar-refractivity contribution in [1.29, 1.82) is 0 Å². The van der Waals surface area contributed by atoms with E-state index in [0.717, 1.165) is 0 Å². The van der Waals surface area contributed by atoms with Gasteiger partial charge >= 0.3 is 72.1 Å². The van der Waals surface area contributed by atoms with Crippen molar-refractivity contribution >= 4 is 11.6 Å². The number of alkyl halides is 28. The van der Waals surface area contributed by atoms with Gasteiger partial charge in [0.1, 0.15) is 0 Å². The first-order valence-electron chi connectivity index (χ1n) is 10.3. The predicted octanol–water partition coefficient (Wildman–Crippen LogP) is 9.32. The van der Waals surface area contributed by atoms with Crippen LogP contribution in [0.5, 0.6) is 0 Å². The van der Waals surface area contributed by atoms with Crippen LogP contribution in [0.4, 0.5) is 123 Å². The Labute approximate surface area is 267 Å². The van der Waals surface area contributed by atoms with Gasteiger partial charge < -0.3 is 10.2 Å². The molecule has 0 spiro atoms. The summed E-state index contributed by atoms with van der Waals surface area (Å²) in [6, 6.07) is 0. The number of aliphatic hydroxyl groups is 2. The third-order valence-electron chi connectivity index (χ3n) is 4.80. The van der Waals surface area contributed by atoms with Gasteiger partial charge in [0.15, 0.2) is 11.5 Å². The average Bonchev–Trinajstić information content (AvgIpc) is 2.85. The summed E-state index contributed by atoms with van der Waals surface area (Å²) < 4.78 is 342. The Morgan fingerprint density at radius 1 is 0.314 bits per heavy atom. The van der Waals surface area contributed by atoms with E-state index >= 15 is 0 Å². The molecular weight excluding hydrogens is 871 g/mol. The van der Waals surface area contributed by atoms with Crippen LogP contribution in [-0.2, 0) is 26.1 Å². The van der Waals surface area contributed by atoms with Crippen molar-refractivity contribution in [2.24, 2.45) is 0 Å². The van der Waals surface area contributed by atoms with Crippen LogP contribution in [0, 0.1) is 0 Å². The number of ketones is 2. The summed E-state index contributed by atoms with van der Waals surface area (Å²) in [7, 11) is 0. The molecule has 0 unspecified atom stereocenters. The molecule has 0 aromatic rings. The molecule has 51 heavy (non-hydrogen) atoms. The Morgan fingerprint density at radius 3 is 0.588 bits per heavy atom. The number of hydrogen-bond donors (Lipinski definition) is 2. The number of carbonyl (C=O) groups excluding carboxylic acids is 2. The normalized spacial score (nSPS) is 15.8. The molecule has 0 heterocycles. The maximum atomic E-state index is 12.8. The van der Waals surface area contributed by atoms with Gasteiger partial charge in [-0.2, -0.15) is 123 Å². The summed E-state index contributed by atoms with van der Waals surface area (Å²) in [6.45, 7) is 0. The fourth-order valence-corrected chi connectivity index (χ4v) is 1.95. The van der Waals surface area contributed by atoms with E-state index in [9.17, 15) is 133 Å². The molecule has 0 atom stereocenters. The smallest absolute Gasteiger partial charge is 0.460 e. The molecular formula is C18H4F28NiO4. The van der Waals surface area contributed by atoms with E-state index in [2.05, 4.69) is 0 Å². The Hall–Kier alpha value is -3.05. The minimum atomic E-state index is -7.21. The quantitative estimate of drug-likeness (QED) is 0.0994. The molecule has 0 rings (SSSR count). The standard InChI is InChI=1S/2C9H2F14O2.Ni/c2*10-4(11,6(14,15)8(18,19)20)2(24)1-3(25)5(12,13)7(16,17)9(21,22)23;/h2*1,24H;/b2*2-1-;. The van der Waals surface area contributed by atoms with Gasteiger partial charge in [-0.25, -0.2) is 0 Å². The molecule has 4 nitrogen and oxygen atoms in total. The Bertz CT molecular complexity index is 1210. The topological polar surface area (TPSA) is 74.6 Å². The first kappa shape index (κ1) is 52.3. The van der Waals surface area contributed by atoms with E-state index in [1.54, 1.807) is 0 Å². The Balaban J connectivity index is -0.000000886. The first-order valence-corrected chi connectivity index (χ1v) is 10.3. The van der Waals surface area contributed by atoms with Crippen LogP contribution in [0.2, 0.25) is 0 Å². The number of hydrogen-bond acceptors (Lipinski definition) is 4. The SMILES string of the molecule is O=C(/C=C(\O)C(F)(F)C(F)(F)C(F)(F)F)C(F)(F)C(F)(F)C(F)(F)F.O=C(/C=C(\O)C(F)(F)C(F)(F)C(F)(F)F)C(F)(F)C(F)(F)C(F)(F)F.[Ni]. The number of aliphatic hydroxyl groups excluding tert-OH is 2. The van der Waals surface area contributed by atoms with E-state index in [1.807, 2.05) is 0 Å². The predicted molar refractivity (Wildman–Crippen MR) is 95.2 cm³/mol. The molecule has 0 fully saturated rings. The third kappa shape index (κ3) is 9.31. The van der Waals surface area contributed by atoms with Crippen molar-refractivity contribution in [1.82, 2.24) is 0 Å². The van der Waals surface area contributed by atoms with Gasteiger partial charge in [-0.15, -0.1) is 0 Å². The zero-order valence-corrected chi connectivity index (χ0v) is 22.8. The number of rotatable bonds is 10. The van der Waals surface area contributed by atoms with E-state index in [1.165, 1.54) is 0 Å². The molecule has 0 radical (unpaired) electrons. The zero-order valence-electron chi connectivity index (χ0n) is 21.8. The van der Waals surface area contributed by atoms with Crippen LogP contribution >= 0.6 is 0 Å². The maximum Gasteiger partial charge on any atom is 0.460 e. The summed E-state index contributed by atoms with van der Waals surface area (Å²) in [5, 5.41) is 16.7. The minimum Gasteiger partial charge on any atom is -0.506 e. The second-order valence-corrected chi connectivity index (χ2v) is 8.37. The average molecular weight is 875 g/mol. The third-order valence-corrected chi connectivity index (χ3v) is 4.80. The van der Waals surface area contributed by atoms with Crippen LogP contribution in [0.25, 0.3) is 0 Å². The summed E-state index contributed by atoms with van der Waals surface area (Å²) in [6.07, 6.45) is -32.4. The second kappa shape index (κ2) is 14.4. The van der Waals surface area contributed by atoms with Gasteiger partial charge in [0.25, 0.3) is 0 Å². The number of allylic oxidation sites excluding steroid dienone is 4. The molecule has 0 aliphatic rings. The molecule has 0 saturated carbocycles. The summed E-state index contributed by atoms with van der Waals surface area (Å²) in [5.74, 6) is -71.8. The van der Waals surface area contributed by atoms with Crippen molar-refractivity contribution in [3.05, 3.63) is 23.7 Å². The minimum absolute atomic E-state index is 0. The van der Waals surface area contributed by atoms with Gasteiger partial charge in [0, 0.05) is 28.6 Å². The van der Waals surface area contributed by atoms with Crippen molar-refractivity contribution < 1.29 is 159 Å². The molecule has 0 aromatic heterocycles. The number of halogens is 28. The molecule has 2 N–H and O–H groups in total. The van der Waals surface area contributed by atoms with Crippen molar-refractivity contribution in [3.63, 3.8) is 0 Å². The van der Waals surface area contributed by atoms with Crippen LogP contribution in [0.3, 0.4) is 0 Å². The number of carbonyl (C=O) groups is 2. The van der Waals surface area contributed by atoms with Crippen molar-refractivity contribution in [2.75, 3.05) is 0 Å². The summed E-state index contributed by atoms with van der Waals surface area (Å²) >= 11 is 0. The molecule has 0 saturated heterocycles. The largest absolute Gasteiger partial charge is 0.506 e.